The van der Waals surface area contributed by atoms with Crippen LogP contribution in [0.15, 0.2) is 29.6 Å². The van der Waals surface area contributed by atoms with E-state index in [0.717, 1.165) is 11.1 Å². The number of hydrogen-bond acceptors (Lipinski definition) is 5. The Hall–Kier alpha value is -2.25. The number of methoxy groups -OCH3 is 1. The number of aromatic nitrogens is 1. The van der Waals surface area contributed by atoms with Crippen LogP contribution in [0.25, 0.3) is 0 Å². The molecule has 0 fully saturated rings. The van der Waals surface area contributed by atoms with Crippen molar-refractivity contribution < 1.29 is 19.4 Å². The molecule has 1 amide bonds. The fourth-order valence-corrected chi connectivity index (χ4v) is 2.62. The third-order valence-electron chi connectivity index (χ3n) is 2.87. The van der Waals surface area contributed by atoms with E-state index >= 15 is 0 Å². The third kappa shape index (κ3) is 4.64. The first-order valence-electron chi connectivity index (χ1n) is 6.59. The van der Waals surface area contributed by atoms with Gasteiger partial charge in [0.1, 0.15) is 5.01 Å². The third-order valence-corrected chi connectivity index (χ3v) is 3.72. The van der Waals surface area contributed by atoms with Gasteiger partial charge in [-0.25, -0.2) is 9.78 Å². The van der Waals surface area contributed by atoms with Crippen LogP contribution < -0.4 is 5.32 Å². The second-order valence-electron chi connectivity index (χ2n) is 4.64. The van der Waals surface area contributed by atoms with Crippen LogP contribution in [0.5, 0.6) is 0 Å². The van der Waals surface area contributed by atoms with Gasteiger partial charge in [-0.3, -0.25) is 4.79 Å². The van der Waals surface area contributed by atoms with E-state index < -0.39 is 5.97 Å². The Morgan fingerprint density at radius 2 is 2.14 bits per heavy atom. The van der Waals surface area contributed by atoms with Gasteiger partial charge in [0.15, 0.2) is 5.69 Å². The molecule has 0 saturated heterocycles. The number of benzene rings is 1. The molecule has 0 saturated carbocycles. The Bertz CT molecular complexity index is 669. The van der Waals surface area contributed by atoms with Crippen LogP contribution in [-0.2, 0) is 29.1 Å². The fraction of sp³-hybridized carbons (Fsp3) is 0.267. The number of carbonyl (C=O) groups is 2. The molecule has 2 N–H and O–H groups in total. The first-order valence-corrected chi connectivity index (χ1v) is 7.47. The van der Waals surface area contributed by atoms with Crippen molar-refractivity contribution in [1.82, 2.24) is 10.3 Å². The number of nitrogens with zero attached hydrogens (tertiary/aromatic N) is 1. The van der Waals surface area contributed by atoms with Crippen molar-refractivity contribution in [2.45, 2.75) is 19.6 Å². The predicted molar refractivity (Wildman–Crippen MR) is 81.8 cm³/mol. The monoisotopic (exact) mass is 320 g/mol. The molecule has 1 aromatic heterocycles. The number of aromatic carboxylic acids is 1. The quantitative estimate of drug-likeness (QED) is 0.813. The highest BCUT2D eigenvalue weighted by atomic mass is 32.1. The maximum atomic E-state index is 11.9. The zero-order valence-corrected chi connectivity index (χ0v) is 12.9. The van der Waals surface area contributed by atoms with Crippen LogP contribution in [0.2, 0.25) is 0 Å². The van der Waals surface area contributed by atoms with Crippen molar-refractivity contribution in [3.05, 3.63) is 51.5 Å². The van der Waals surface area contributed by atoms with Crippen molar-refractivity contribution in [3.63, 3.8) is 0 Å². The highest BCUT2D eigenvalue weighted by Gasteiger charge is 2.10. The van der Waals surface area contributed by atoms with Gasteiger partial charge in [-0.05, 0) is 11.1 Å². The first-order chi connectivity index (χ1) is 10.6. The average molecular weight is 320 g/mol. The molecule has 0 aliphatic rings. The highest BCUT2D eigenvalue weighted by Crippen LogP contribution is 2.10. The molecular formula is C15H16N2O4S. The Morgan fingerprint density at radius 3 is 2.82 bits per heavy atom. The Kier molecular flexibility index (Phi) is 5.62. The molecule has 0 atom stereocenters. The van der Waals surface area contributed by atoms with E-state index in [1.54, 1.807) is 7.11 Å². The van der Waals surface area contributed by atoms with Gasteiger partial charge in [-0.15, -0.1) is 11.3 Å². The van der Waals surface area contributed by atoms with Gasteiger partial charge in [0.25, 0.3) is 0 Å². The van der Waals surface area contributed by atoms with E-state index in [9.17, 15) is 9.59 Å². The van der Waals surface area contributed by atoms with Gasteiger partial charge < -0.3 is 15.2 Å². The van der Waals surface area contributed by atoms with E-state index in [4.69, 9.17) is 9.84 Å². The summed E-state index contributed by atoms with van der Waals surface area (Å²) >= 11 is 1.21. The zero-order chi connectivity index (χ0) is 15.9. The fourth-order valence-electron chi connectivity index (χ4n) is 1.91. The minimum Gasteiger partial charge on any atom is -0.476 e. The van der Waals surface area contributed by atoms with Crippen molar-refractivity contribution in [2.75, 3.05) is 7.11 Å². The van der Waals surface area contributed by atoms with E-state index in [2.05, 4.69) is 10.3 Å². The molecule has 0 unspecified atom stereocenters. The number of carboxylic acids is 1. The number of rotatable bonds is 7. The number of thiazole rings is 1. The summed E-state index contributed by atoms with van der Waals surface area (Å²) in [6, 6.07) is 7.63. The molecule has 1 aromatic carbocycles. The van der Waals surface area contributed by atoms with Crippen molar-refractivity contribution in [1.29, 1.82) is 0 Å². The molecule has 0 aliphatic heterocycles. The number of carboxylic acid groups (broad SMARTS) is 1. The number of nitrogens with one attached hydrogen (secondary N) is 1. The molecule has 116 valence electrons. The molecule has 22 heavy (non-hydrogen) atoms. The summed E-state index contributed by atoms with van der Waals surface area (Å²) in [4.78, 5) is 26.6. The summed E-state index contributed by atoms with van der Waals surface area (Å²) in [6.45, 7) is 0.737. The standard InChI is InChI=1S/C15H16N2O4S/c1-21-8-11-4-2-3-10(5-11)6-13(18)16-7-14-17-12(9-22-14)15(19)20/h2-5,9H,6-8H2,1H3,(H,16,18)(H,19,20). The van der Waals surface area contributed by atoms with Gasteiger partial charge >= 0.3 is 5.97 Å². The lowest BCUT2D eigenvalue weighted by Crippen LogP contribution is -2.24. The van der Waals surface area contributed by atoms with Crippen LogP contribution in [0.1, 0.15) is 26.6 Å². The summed E-state index contributed by atoms with van der Waals surface area (Å²) in [6.07, 6.45) is 0.259. The summed E-state index contributed by atoms with van der Waals surface area (Å²) in [5, 5.41) is 13.5. The van der Waals surface area contributed by atoms with Crippen LogP contribution in [0, 0.1) is 0 Å². The summed E-state index contributed by atoms with van der Waals surface area (Å²) in [5.41, 5.74) is 1.91. The number of carbonyl (C=O) groups excluding carboxylic acids is 1. The van der Waals surface area contributed by atoms with Gasteiger partial charge in [0.2, 0.25) is 5.91 Å². The van der Waals surface area contributed by atoms with E-state index in [0.29, 0.717) is 11.6 Å². The molecular weight excluding hydrogens is 304 g/mol. The summed E-state index contributed by atoms with van der Waals surface area (Å²) in [5.74, 6) is -1.20. The number of ether oxygens (including phenoxy) is 1. The molecule has 2 aromatic rings. The second-order valence-corrected chi connectivity index (χ2v) is 5.58. The number of amides is 1. The predicted octanol–water partition coefficient (Wildman–Crippen LogP) is 1.85. The smallest absolute Gasteiger partial charge is 0.355 e. The van der Waals surface area contributed by atoms with E-state index in [1.807, 2.05) is 24.3 Å². The topological polar surface area (TPSA) is 88.5 Å². The molecule has 0 spiro atoms. The van der Waals surface area contributed by atoms with Crippen LogP contribution in [-0.4, -0.2) is 29.1 Å². The molecule has 0 radical (unpaired) electrons. The molecule has 0 aliphatic carbocycles. The van der Waals surface area contributed by atoms with Crippen molar-refractivity contribution in [2.24, 2.45) is 0 Å². The lowest BCUT2D eigenvalue weighted by atomic mass is 10.1. The summed E-state index contributed by atoms with van der Waals surface area (Å²) in [7, 11) is 1.62. The van der Waals surface area contributed by atoms with Crippen molar-refractivity contribution >= 4 is 23.2 Å². The Balaban J connectivity index is 1.87. The Morgan fingerprint density at radius 1 is 1.36 bits per heavy atom. The molecule has 6 nitrogen and oxygen atoms in total. The lowest BCUT2D eigenvalue weighted by Gasteiger charge is -2.05. The SMILES string of the molecule is COCc1cccc(CC(=O)NCc2nc(C(=O)O)cs2)c1. The second kappa shape index (κ2) is 7.67. The molecule has 7 heteroatoms. The summed E-state index contributed by atoms with van der Waals surface area (Å²) < 4.78 is 5.06. The normalized spacial score (nSPS) is 10.4. The van der Waals surface area contributed by atoms with E-state index in [-0.39, 0.29) is 24.6 Å². The first kappa shape index (κ1) is 16.1. The number of hydrogen-bond donors (Lipinski definition) is 2. The van der Waals surface area contributed by atoms with Crippen LogP contribution in [0.4, 0.5) is 0 Å². The van der Waals surface area contributed by atoms with Gasteiger partial charge in [-0.1, -0.05) is 24.3 Å². The van der Waals surface area contributed by atoms with Crippen LogP contribution >= 0.6 is 11.3 Å². The van der Waals surface area contributed by atoms with E-state index in [1.165, 1.54) is 16.7 Å². The zero-order valence-electron chi connectivity index (χ0n) is 12.0. The van der Waals surface area contributed by atoms with Gasteiger partial charge in [0.05, 0.1) is 19.6 Å². The molecule has 1 heterocycles. The average Bonchev–Trinajstić information content (AvgIpc) is 2.95. The molecule has 2 rings (SSSR count). The maximum Gasteiger partial charge on any atom is 0.355 e. The van der Waals surface area contributed by atoms with Crippen LogP contribution in [0.3, 0.4) is 0 Å². The molecule has 0 bridgehead atoms. The maximum absolute atomic E-state index is 11.9. The minimum absolute atomic E-state index is 0.00140. The lowest BCUT2D eigenvalue weighted by molar-refractivity contribution is -0.120. The van der Waals surface area contributed by atoms with Crippen molar-refractivity contribution in [3.8, 4) is 0 Å². The van der Waals surface area contributed by atoms with Gasteiger partial charge in [-0.2, -0.15) is 0 Å². The largest absolute Gasteiger partial charge is 0.476 e. The van der Waals surface area contributed by atoms with Gasteiger partial charge in [0, 0.05) is 12.5 Å². The highest BCUT2D eigenvalue weighted by molar-refractivity contribution is 7.09. The Labute approximate surface area is 131 Å². The minimum atomic E-state index is -1.07.